The second-order valence-corrected chi connectivity index (χ2v) is 11.2. The lowest BCUT2D eigenvalue weighted by Gasteiger charge is -2.38. The molecule has 0 bridgehead atoms. The number of hydrogen-bond donors (Lipinski definition) is 2. The second kappa shape index (κ2) is 12.7. The Kier molecular flexibility index (Phi) is 8.43. The first kappa shape index (κ1) is 28.5. The first-order valence-electron chi connectivity index (χ1n) is 14.9. The number of aromatic nitrogens is 2. The lowest BCUT2D eigenvalue weighted by atomic mass is 10.1. The lowest BCUT2D eigenvalue weighted by Crippen LogP contribution is -2.46. The predicted molar refractivity (Wildman–Crippen MR) is 161 cm³/mol. The molecule has 2 aromatic heterocycles. The third kappa shape index (κ3) is 6.73. The molecule has 4 heterocycles. The maximum Gasteiger partial charge on any atom is 0.277 e. The molecule has 0 atom stereocenters. The van der Waals surface area contributed by atoms with Crippen LogP contribution in [0.15, 0.2) is 47.3 Å². The molecular weight excluding hydrogens is 550 g/mol. The molecule has 6 rings (SSSR count). The molecule has 0 radical (unpaired) electrons. The first-order chi connectivity index (χ1) is 21.0. The van der Waals surface area contributed by atoms with E-state index in [1.54, 1.807) is 25.4 Å². The summed E-state index contributed by atoms with van der Waals surface area (Å²) in [7, 11) is 1.63. The smallest absolute Gasteiger partial charge is 0.277 e. The van der Waals surface area contributed by atoms with Crippen molar-refractivity contribution in [2.45, 2.75) is 38.0 Å². The number of nitrogens with zero attached hydrogens (tertiary/aromatic N) is 5. The zero-order valence-corrected chi connectivity index (χ0v) is 24.4. The van der Waals surface area contributed by atoms with Crippen molar-refractivity contribution in [3.8, 4) is 5.75 Å². The van der Waals surface area contributed by atoms with Gasteiger partial charge in [-0.3, -0.25) is 19.4 Å². The second-order valence-electron chi connectivity index (χ2n) is 11.2. The largest absolute Gasteiger partial charge is 0.495 e. The Bertz CT molecular complexity index is 1480. The van der Waals surface area contributed by atoms with Gasteiger partial charge in [0.05, 0.1) is 36.6 Å². The normalized spacial score (nSPS) is 16.9. The highest BCUT2D eigenvalue weighted by Crippen LogP contribution is 2.39. The maximum absolute atomic E-state index is 13.2. The van der Waals surface area contributed by atoms with Gasteiger partial charge in [0.25, 0.3) is 11.8 Å². The van der Waals surface area contributed by atoms with Crippen molar-refractivity contribution < 1.29 is 23.5 Å². The van der Waals surface area contributed by atoms with E-state index in [1.165, 1.54) is 6.26 Å². The van der Waals surface area contributed by atoms with Gasteiger partial charge in [-0.15, -0.1) is 0 Å². The van der Waals surface area contributed by atoms with E-state index < -0.39 is 0 Å². The van der Waals surface area contributed by atoms with Crippen molar-refractivity contribution in [3.63, 3.8) is 0 Å². The molecule has 1 saturated carbocycles. The average molecular weight is 588 g/mol. The minimum Gasteiger partial charge on any atom is -0.495 e. The monoisotopic (exact) mass is 587 g/mol. The summed E-state index contributed by atoms with van der Waals surface area (Å²) in [6.45, 7) is 4.78. The van der Waals surface area contributed by atoms with Crippen LogP contribution >= 0.6 is 0 Å². The number of oxazole rings is 1. The van der Waals surface area contributed by atoms with Crippen molar-refractivity contribution in [2.24, 2.45) is 0 Å². The van der Waals surface area contributed by atoms with Crippen molar-refractivity contribution in [2.75, 3.05) is 68.0 Å². The van der Waals surface area contributed by atoms with Crippen LogP contribution in [0.25, 0.3) is 0 Å². The van der Waals surface area contributed by atoms with Crippen LogP contribution in [-0.4, -0.2) is 85.5 Å². The number of amides is 3. The minimum absolute atomic E-state index is 0.180. The van der Waals surface area contributed by atoms with Crippen LogP contribution < -0.4 is 25.2 Å². The van der Waals surface area contributed by atoms with Crippen molar-refractivity contribution in [3.05, 3.63) is 60.1 Å². The Balaban J connectivity index is 1.15. The first-order valence-corrected chi connectivity index (χ1v) is 14.9. The van der Waals surface area contributed by atoms with Crippen LogP contribution in [0.2, 0.25) is 0 Å². The number of carbonyl (C=O) groups excluding carboxylic acids is 3. The molecule has 2 saturated heterocycles. The Morgan fingerprint density at radius 2 is 1.86 bits per heavy atom. The Morgan fingerprint density at radius 1 is 1.05 bits per heavy atom. The van der Waals surface area contributed by atoms with Gasteiger partial charge < -0.3 is 34.5 Å². The van der Waals surface area contributed by atoms with Crippen LogP contribution in [0.5, 0.6) is 5.75 Å². The van der Waals surface area contributed by atoms with Gasteiger partial charge in [0.15, 0.2) is 11.6 Å². The molecule has 226 valence electrons. The maximum atomic E-state index is 13.2. The fourth-order valence-corrected chi connectivity index (χ4v) is 5.56. The van der Waals surface area contributed by atoms with Crippen LogP contribution in [0.3, 0.4) is 0 Å². The van der Waals surface area contributed by atoms with Crippen molar-refractivity contribution >= 4 is 34.8 Å². The predicted octanol–water partition coefficient (Wildman–Crippen LogP) is 3.28. The molecule has 3 amide bonds. The van der Waals surface area contributed by atoms with Gasteiger partial charge in [-0.05, 0) is 43.9 Å². The van der Waals surface area contributed by atoms with E-state index in [9.17, 15) is 14.4 Å². The average Bonchev–Trinajstić information content (AvgIpc) is 3.62. The van der Waals surface area contributed by atoms with Gasteiger partial charge >= 0.3 is 0 Å². The van der Waals surface area contributed by atoms with E-state index in [0.717, 1.165) is 50.3 Å². The summed E-state index contributed by atoms with van der Waals surface area (Å²) >= 11 is 0. The number of ether oxygens (including phenoxy) is 1. The molecule has 2 aliphatic heterocycles. The van der Waals surface area contributed by atoms with Crippen molar-refractivity contribution in [1.29, 1.82) is 0 Å². The molecule has 3 fully saturated rings. The zero-order valence-electron chi connectivity index (χ0n) is 24.4. The molecule has 0 unspecified atom stereocenters. The number of anilines is 3. The quantitative estimate of drug-likeness (QED) is 0.324. The van der Waals surface area contributed by atoms with E-state index in [0.29, 0.717) is 67.8 Å². The zero-order chi connectivity index (χ0) is 29.8. The van der Waals surface area contributed by atoms with Crippen LogP contribution in [-0.2, 0) is 4.79 Å². The number of carbonyl (C=O) groups is 3. The molecule has 1 aromatic carbocycles. The topological polar surface area (TPSA) is 133 Å². The fourth-order valence-electron chi connectivity index (χ4n) is 5.56. The number of rotatable bonds is 11. The summed E-state index contributed by atoms with van der Waals surface area (Å²) < 4.78 is 10.9. The van der Waals surface area contributed by atoms with Gasteiger partial charge in [-0.25, -0.2) is 4.98 Å². The molecule has 2 N–H and O–H groups in total. The Morgan fingerprint density at radius 3 is 2.60 bits per heavy atom. The summed E-state index contributed by atoms with van der Waals surface area (Å²) in [4.78, 5) is 53.1. The molecule has 3 aromatic rings. The number of hydrogen-bond acceptors (Lipinski definition) is 9. The molecule has 3 aliphatic rings. The molecule has 12 nitrogen and oxygen atoms in total. The van der Waals surface area contributed by atoms with E-state index in [1.807, 2.05) is 23.2 Å². The number of likely N-dealkylation sites (tertiary alicyclic amines) is 1. The highest BCUT2D eigenvalue weighted by Gasteiger charge is 2.30. The van der Waals surface area contributed by atoms with Crippen molar-refractivity contribution in [1.82, 2.24) is 20.2 Å². The number of benzene rings is 1. The molecule has 1 aliphatic carbocycles. The SMILES string of the molecule is COc1cncc(N2CCN(c3ccc(C(=O)NCCCN4CCCC4=O)cc3NC(=O)c3coc(C4CC4)n3)CC2)c1. The summed E-state index contributed by atoms with van der Waals surface area (Å²) in [5, 5.41) is 5.94. The van der Waals surface area contributed by atoms with Gasteiger partial charge in [0.1, 0.15) is 12.0 Å². The molecule has 43 heavy (non-hydrogen) atoms. The standard InChI is InChI=1S/C31H37N7O5/c1-42-24-17-23(18-32-19-24)36-12-14-37(15-13-36)27-8-7-22(29(40)33-9-3-11-38-10-2-4-28(38)39)16-25(27)34-30(41)26-20-43-31(35-26)21-5-6-21/h7-8,16-21H,2-6,9-15H2,1H3,(H,33,40)(H,34,41). The highest BCUT2D eigenvalue weighted by molar-refractivity contribution is 6.06. The van der Waals surface area contributed by atoms with Gasteiger partial charge in [0, 0.05) is 69.8 Å². The van der Waals surface area contributed by atoms with E-state index in [2.05, 4.69) is 30.4 Å². The number of methoxy groups -OCH3 is 1. The van der Waals surface area contributed by atoms with E-state index >= 15 is 0 Å². The van der Waals surface area contributed by atoms with Gasteiger partial charge in [0.2, 0.25) is 5.91 Å². The Labute approximate surface area is 250 Å². The minimum atomic E-state index is -0.383. The van der Waals surface area contributed by atoms with Gasteiger partial charge in [-0.2, -0.15) is 0 Å². The molecule has 12 heteroatoms. The van der Waals surface area contributed by atoms with Crippen LogP contribution in [0, 0.1) is 0 Å². The summed E-state index contributed by atoms with van der Waals surface area (Å²) in [6, 6.07) is 7.35. The third-order valence-electron chi connectivity index (χ3n) is 8.17. The summed E-state index contributed by atoms with van der Waals surface area (Å²) in [5.74, 6) is 1.16. The lowest BCUT2D eigenvalue weighted by molar-refractivity contribution is -0.127. The number of piperazine rings is 1. The van der Waals surface area contributed by atoms with E-state index in [4.69, 9.17) is 9.15 Å². The summed E-state index contributed by atoms with van der Waals surface area (Å²) in [5.41, 5.74) is 3.01. The molecule has 0 spiro atoms. The number of pyridine rings is 1. The van der Waals surface area contributed by atoms with Crippen LogP contribution in [0.1, 0.15) is 64.8 Å². The molecular formula is C31H37N7O5. The van der Waals surface area contributed by atoms with Crippen LogP contribution in [0.4, 0.5) is 17.1 Å². The number of nitrogens with one attached hydrogen (secondary N) is 2. The third-order valence-corrected chi connectivity index (χ3v) is 8.17. The fraction of sp³-hybridized carbons (Fsp3) is 0.452. The Hall–Kier alpha value is -4.61. The highest BCUT2D eigenvalue weighted by atomic mass is 16.5. The van der Waals surface area contributed by atoms with Gasteiger partial charge in [-0.1, -0.05) is 0 Å². The summed E-state index contributed by atoms with van der Waals surface area (Å²) in [6.07, 6.45) is 9.14. The van der Waals surface area contributed by atoms with E-state index in [-0.39, 0.29) is 23.4 Å².